The zero-order chi connectivity index (χ0) is 22.3. The zero-order valence-electron chi connectivity index (χ0n) is 18.8. The van der Waals surface area contributed by atoms with Crippen LogP contribution in [0.4, 0.5) is 0 Å². The lowest BCUT2D eigenvalue weighted by Gasteiger charge is -2.37. The molecule has 0 bridgehead atoms. The van der Waals surface area contributed by atoms with Gasteiger partial charge in [-0.3, -0.25) is 19.4 Å². The molecule has 1 aliphatic carbocycles. The molecule has 4 rings (SSSR count). The Morgan fingerprint density at radius 1 is 0.875 bits per heavy atom. The quantitative estimate of drug-likeness (QED) is 0.617. The zero-order valence-corrected chi connectivity index (χ0v) is 18.8. The maximum atomic E-state index is 12.9. The number of carbonyl (C=O) groups is 2. The van der Waals surface area contributed by atoms with E-state index < -0.39 is 12.0 Å². The highest BCUT2D eigenvalue weighted by molar-refractivity contribution is 5.98. The van der Waals surface area contributed by atoms with Gasteiger partial charge in [-0.1, -0.05) is 73.9 Å². The third kappa shape index (κ3) is 5.84. The molecule has 32 heavy (non-hydrogen) atoms. The minimum atomic E-state index is -0.909. The number of carboxylic acids is 1. The summed E-state index contributed by atoms with van der Waals surface area (Å²) in [6, 6.07) is 17.5. The molecule has 1 saturated carbocycles. The molecule has 2 fully saturated rings. The molecule has 1 heterocycles. The number of carboxylic acid groups (broad SMARTS) is 1. The molecule has 1 aliphatic heterocycles. The van der Waals surface area contributed by atoms with Gasteiger partial charge >= 0.3 is 5.97 Å². The summed E-state index contributed by atoms with van der Waals surface area (Å²) in [4.78, 5) is 29.2. The van der Waals surface area contributed by atoms with Crippen LogP contribution in [0.2, 0.25) is 0 Å². The maximum Gasteiger partial charge on any atom is 0.321 e. The molecule has 0 amide bonds. The van der Waals surface area contributed by atoms with Crippen molar-refractivity contribution in [2.45, 2.75) is 57.0 Å². The summed E-state index contributed by atoms with van der Waals surface area (Å²) < 4.78 is 0. The van der Waals surface area contributed by atoms with Gasteiger partial charge in [0, 0.05) is 44.7 Å². The van der Waals surface area contributed by atoms with Gasteiger partial charge < -0.3 is 5.11 Å². The lowest BCUT2D eigenvalue weighted by molar-refractivity contribution is -0.144. The van der Waals surface area contributed by atoms with E-state index in [4.69, 9.17) is 0 Å². The lowest BCUT2D eigenvalue weighted by atomic mass is 9.84. The highest BCUT2D eigenvalue weighted by atomic mass is 16.4. The highest BCUT2D eigenvalue weighted by Gasteiger charge is 2.31. The Morgan fingerprint density at radius 3 is 2.16 bits per heavy atom. The molecule has 0 spiro atoms. The van der Waals surface area contributed by atoms with E-state index in [1.807, 2.05) is 35.2 Å². The van der Waals surface area contributed by atoms with E-state index in [1.165, 1.54) is 43.2 Å². The van der Waals surface area contributed by atoms with E-state index in [1.54, 1.807) is 0 Å². The third-order valence-electron chi connectivity index (χ3n) is 7.07. The number of carbonyl (C=O) groups excluding carboxylic acids is 1. The fourth-order valence-electron chi connectivity index (χ4n) is 5.12. The minimum Gasteiger partial charge on any atom is -0.480 e. The third-order valence-corrected chi connectivity index (χ3v) is 7.07. The summed E-state index contributed by atoms with van der Waals surface area (Å²) in [7, 11) is 0. The van der Waals surface area contributed by atoms with E-state index in [0.717, 1.165) is 19.6 Å². The van der Waals surface area contributed by atoms with Crippen molar-refractivity contribution in [1.82, 2.24) is 9.80 Å². The minimum absolute atomic E-state index is 0.0246. The molecule has 5 heteroatoms. The molecule has 1 atom stereocenters. The summed E-state index contributed by atoms with van der Waals surface area (Å²) in [5.74, 6) is -0.389. The van der Waals surface area contributed by atoms with E-state index in [2.05, 4.69) is 29.2 Å². The average molecular weight is 435 g/mol. The number of benzene rings is 2. The van der Waals surface area contributed by atoms with Crippen molar-refractivity contribution in [3.05, 3.63) is 71.3 Å². The summed E-state index contributed by atoms with van der Waals surface area (Å²) in [5.41, 5.74) is 3.20. The molecule has 0 radical (unpaired) electrons. The molecule has 1 N–H and O–H groups in total. The van der Waals surface area contributed by atoms with Crippen LogP contribution in [0.25, 0.3) is 0 Å². The Morgan fingerprint density at radius 2 is 1.53 bits per heavy atom. The molecule has 2 aliphatic rings. The van der Waals surface area contributed by atoms with Crippen molar-refractivity contribution >= 4 is 11.8 Å². The Bertz CT molecular complexity index is 883. The smallest absolute Gasteiger partial charge is 0.321 e. The molecular formula is C27H34N2O3. The first-order chi connectivity index (χ1) is 15.6. The predicted molar refractivity (Wildman–Crippen MR) is 126 cm³/mol. The molecule has 2 aromatic carbocycles. The van der Waals surface area contributed by atoms with Gasteiger partial charge in [0.05, 0.1) is 0 Å². The van der Waals surface area contributed by atoms with Crippen LogP contribution < -0.4 is 0 Å². The Kier molecular flexibility index (Phi) is 7.72. The van der Waals surface area contributed by atoms with Gasteiger partial charge in [0.25, 0.3) is 0 Å². The largest absolute Gasteiger partial charge is 0.480 e. The second-order valence-electron chi connectivity index (χ2n) is 9.24. The van der Waals surface area contributed by atoms with Crippen LogP contribution in [0, 0.1) is 0 Å². The van der Waals surface area contributed by atoms with Gasteiger partial charge in [-0.2, -0.15) is 0 Å². The topological polar surface area (TPSA) is 60.9 Å². The molecular weight excluding hydrogens is 400 g/mol. The Hall–Kier alpha value is -2.50. The van der Waals surface area contributed by atoms with Gasteiger partial charge in [0.15, 0.2) is 5.78 Å². The van der Waals surface area contributed by atoms with Gasteiger partial charge in [-0.15, -0.1) is 0 Å². The van der Waals surface area contributed by atoms with Gasteiger partial charge in [0.2, 0.25) is 0 Å². The van der Waals surface area contributed by atoms with E-state index in [0.29, 0.717) is 24.6 Å². The standard InChI is InChI=1S/C27H34N2O3/c30-26(24-13-11-23(12-14-24)22-9-5-2-6-10-22)19-25(27(31)32)29-17-15-28(16-18-29)20-21-7-3-1-4-8-21/h1,3-4,7-8,11-14,22,25H,2,5-6,9-10,15-20H2,(H,31,32)/t25-/m0/s1. The van der Waals surface area contributed by atoms with Gasteiger partial charge in [0.1, 0.15) is 6.04 Å². The number of hydrogen-bond donors (Lipinski definition) is 1. The number of Topliss-reactive ketones (excluding diaryl/α,β-unsaturated/α-hetero) is 1. The molecule has 5 nitrogen and oxygen atoms in total. The summed E-state index contributed by atoms with van der Waals surface area (Å²) in [6.07, 6.45) is 6.37. The number of hydrogen-bond acceptors (Lipinski definition) is 4. The van der Waals surface area contributed by atoms with E-state index in [9.17, 15) is 14.7 Å². The molecule has 2 aromatic rings. The van der Waals surface area contributed by atoms with Crippen molar-refractivity contribution in [1.29, 1.82) is 0 Å². The normalized spacial score (nSPS) is 19.5. The van der Waals surface area contributed by atoms with Gasteiger partial charge in [-0.25, -0.2) is 0 Å². The van der Waals surface area contributed by atoms with Crippen molar-refractivity contribution in [2.24, 2.45) is 0 Å². The highest BCUT2D eigenvalue weighted by Crippen LogP contribution is 2.32. The summed E-state index contributed by atoms with van der Waals surface area (Å²) in [5, 5.41) is 9.83. The van der Waals surface area contributed by atoms with Gasteiger partial charge in [-0.05, 0) is 29.9 Å². The first kappa shape index (κ1) is 22.7. The number of rotatable bonds is 8. The summed E-state index contributed by atoms with van der Waals surface area (Å²) in [6.45, 7) is 3.82. The van der Waals surface area contributed by atoms with Crippen LogP contribution in [0.3, 0.4) is 0 Å². The fourth-order valence-corrected chi connectivity index (χ4v) is 5.12. The number of aliphatic carboxylic acids is 1. The van der Waals surface area contributed by atoms with Crippen molar-refractivity contribution in [2.75, 3.05) is 26.2 Å². The maximum absolute atomic E-state index is 12.9. The van der Waals surface area contributed by atoms with E-state index >= 15 is 0 Å². The second-order valence-corrected chi connectivity index (χ2v) is 9.24. The van der Waals surface area contributed by atoms with Crippen LogP contribution in [0.15, 0.2) is 54.6 Å². The monoisotopic (exact) mass is 434 g/mol. The number of piperazine rings is 1. The SMILES string of the molecule is O=C(C[C@@H](C(=O)O)N1CCN(Cc2ccccc2)CC1)c1ccc(C2CCCCC2)cc1. The van der Waals surface area contributed by atoms with Crippen LogP contribution >= 0.6 is 0 Å². The first-order valence-electron chi connectivity index (χ1n) is 12.0. The second kappa shape index (κ2) is 10.9. The average Bonchev–Trinajstić information content (AvgIpc) is 2.84. The van der Waals surface area contributed by atoms with Crippen molar-refractivity contribution in [3.8, 4) is 0 Å². The van der Waals surface area contributed by atoms with Crippen LogP contribution in [-0.4, -0.2) is 58.9 Å². The molecule has 1 saturated heterocycles. The Labute approximate surface area is 191 Å². The van der Waals surface area contributed by atoms with Crippen LogP contribution in [0.5, 0.6) is 0 Å². The Balaban J connectivity index is 1.32. The lowest BCUT2D eigenvalue weighted by Crippen LogP contribution is -2.52. The predicted octanol–water partition coefficient (Wildman–Crippen LogP) is 4.58. The molecule has 0 unspecified atom stereocenters. The first-order valence-corrected chi connectivity index (χ1v) is 12.0. The van der Waals surface area contributed by atoms with Crippen LogP contribution in [0.1, 0.15) is 65.9 Å². The van der Waals surface area contributed by atoms with Crippen LogP contribution in [-0.2, 0) is 11.3 Å². The number of ketones is 1. The summed E-state index contributed by atoms with van der Waals surface area (Å²) >= 11 is 0. The van der Waals surface area contributed by atoms with E-state index in [-0.39, 0.29) is 12.2 Å². The van der Waals surface area contributed by atoms with Crippen molar-refractivity contribution < 1.29 is 14.7 Å². The fraction of sp³-hybridized carbons (Fsp3) is 0.481. The number of nitrogens with zero attached hydrogens (tertiary/aromatic N) is 2. The van der Waals surface area contributed by atoms with Crippen molar-refractivity contribution in [3.63, 3.8) is 0 Å². The molecule has 170 valence electrons. The molecule has 0 aromatic heterocycles.